The number of hydrogen-bond donors (Lipinski definition) is 2. The van der Waals surface area contributed by atoms with Gasteiger partial charge in [-0.3, -0.25) is 9.78 Å². The molecule has 1 aromatic heterocycles. The van der Waals surface area contributed by atoms with Gasteiger partial charge in [0.25, 0.3) is 5.91 Å². The lowest BCUT2D eigenvalue weighted by atomic mass is 10.2. The number of benzene rings is 1. The van der Waals surface area contributed by atoms with Crippen LogP contribution in [0.4, 0.5) is 0 Å². The first-order valence-electron chi connectivity index (χ1n) is 9.08. The van der Waals surface area contributed by atoms with E-state index in [2.05, 4.69) is 15.5 Å². The highest BCUT2D eigenvalue weighted by molar-refractivity contribution is 7.89. The Bertz CT molecular complexity index is 922. The van der Waals surface area contributed by atoms with Gasteiger partial charge in [0.15, 0.2) is 6.54 Å². The average Bonchev–Trinajstić information content (AvgIpc) is 2.69. The van der Waals surface area contributed by atoms with Gasteiger partial charge in [-0.25, -0.2) is 13.8 Å². The molecule has 2 heterocycles. The SMILES string of the molecule is Cc1ccc(S(=O)(=O)N2CC[NH+](CC(=O)N/N=C/c3ccccn3)CC2)cc1. The number of piperazine rings is 1. The topological polar surface area (TPSA) is 96.2 Å². The maximum atomic E-state index is 12.7. The van der Waals surface area contributed by atoms with E-state index in [1.807, 2.05) is 13.0 Å². The summed E-state index contributed by atoms with van der Waals surface area (Å²) in [4.78, 5) is 17.5. The van der Waals surface area contributed by atoms with Crippen LogP contribution < -0.4 is 10.3 Å². The van der Waals surface area contributed by atoms with Gasteiger partial charge >= 0.3 is 0 Å². The van der Waals surface area contributed by atoms with E-state index in [1.54, 1.807) is 42.6 Å². The van der Waals surface area contributed by atoms with Crippen LogP contribution in [0.2, 0.25) is 0 Å². The molecule has 1 aromatic carbocycles. The Hall–Kier alpha value is -2.62. The molecule has 1 amide bonds. The molecule has 3 rings (SSSR count). The molecule has 1 aliphatic heterocycles. The number of quaternary nitrogens is 1. The van der Waals surface area contributed by atoms with Crippen molar-refractivity contribution < 1.29 is 18.1 Å². The quantitative estimate of drug-likeness (QED) is 0.500. The zero-order valence-corrected chi connectivity index (χ0v) is 16.5. The minimum atomic E-state index is -3.49. The lowest BCUT2D eigenvalue weighted by Gasteiger charge is -2.31. The zero-order chi connectivity index (χ0) is 20.0. The number of carbonyl (C=O) groups is 1. The summed E-state index contributed by atoms with van der Waals surface area (Å²) in [5, 5.41) is 3.90. The second-order valence-electron chi connectivity index (χ2n) is 6.69. The number of aromatic nitrogens is 1. The molecule has 2 N–H and O–H groups in total. The van der Waals surface area contributed by atoms with E-state index in [-0.39, 0.29) is 12.5 Å². The zero-order valence-electron chi connectivity index (χ0n) is 15.7. The summed E-state index contributed by atoms with van der Waals surface area (Å²) in [6.45, 7) is 4.08. The molecular formula is C19H24N5O3S+. The standard InChI is InChI=1S/C19H23N5O3S/c1-16-5-7-18(8-6-16)28(26,27)24-12-10-23(11-13-24)15-19(25)22-21-14-17-4-2-3-9-20-17/h2-9,14H,10-13,15H2,1H3,(H,22,25)/p+1/b21-14+. The third-order valence-corrected chi connectivity index (χ3v) is 6.49. The van der Waals surface area contributed by atoms with Gasteiger partial charge in [-0.1, -0.05) is 23.8 Å². The largest absolute Gasteiger partial charge is 0.325 e. The number of nitrogens with one attached hydrogen (secondary N) is 2. The molecule has 0 spiro atoms. The van der Waals surface area contributed by atoms with Crippen LogP contribution in [0.25, 0.3) is 0 Å². The van der Waals surface area contributed by atoms with E-state index in [4.69, 9.17) is 0 Å². The Labute approximate surface area is 164 Å². The highest BCUT2D eigenvalue weighted by Gasteiger charge is 2.30. The summed E-state index contributed by atoms with van der Waals surface area (Å²) in [5.74, 6) is -0.211. The number of hydrogen-bond acceptors (Lipinski definition) is 5. The molecule has 8 nitrogen and oxygen atoms in total. The number of pyridine rings is 1. The van der Waals surface area contributed by atoms with Gasteiger partial charge < -0.3 is 4.90 Å². The van der Waals surface area contributed by atoms with Crippen LogP contribution in [0.5, 0.6) is 0 Å². The Kier molecular flexibility index (Phi) is 6.50. The van der Waals surface area contributed by atoms with E-state index in [9.17, 15) is 13.2 Å². The van der Waals surface area contributed by atoms with Crippen LogP contribution in [-0.2, 0) is 14.8 Å². The summed E-state index contributed by atoms with van der Waals surface area (Å²) in [6.07, 6.45) is 3.14. The molecule has 0 atom stereocenters. The van der Waals surface area contributed by atoms with Crippen LogP contribution in [0.3, 0.4) is 0 Å². The smallest absolute Gasteiger partial charge is 0.295 e. The molecule has 1 fully saturated rings. The van der Waals surface area contributed by atoms with E-state index in [0.29, 0.717) is 36.8 Å². The summed E-state index contributed by atoms with van der Waals surface area (Å²) in [5.41, 5.74) is 4.16. The maximum absolute atomic E-state index is 12.7. The molecule has 0 bridgehead atoms. The lowest BCUT2D eigenvalue weighted by Crippen LogP contribution is -3.15. The molecule has 0 saturated carbocycles. The van der Waals surface area contributed by atoms with Crippen molar-refractivity contribution in [3.8, 4) is 0 Å². The number of amides is 1. The van der Waals surface area contributed by atoms with Gasteiger partial charge in [0, 0.05) is 6.20 Å². The van der Waals surface area contributed by atoms with Crippen molar-refractivity contribution in [1.82, 2.24) is 14.7 Å². The van der Waals surface area contributed by atoms with Crippen LogP contribution in [0.15, 0.2) is 58.7 Å². The minimum absolute atomic E-state index is 0.211. The fourth-order valence-electron chi connectivity index (χ4n) is 2.97. The highest BCUT2D eigenvalue weighted by atomic mass is 32.2. The molecule has 28 heavy (non-hydrogen) atoms. The second kappa shape index (κ2) is 9.05. The van der Waals surface area contributed by atoms with E-state index < -0.39 is 10.0 Å². The normalized spacial score (nSPS) is 16.3. The predicted molar refractivity (Wildman–Crippen MR) is 105 cm³/mol. The van der Waals surface area contributed by atoms with Crippen molar-refractivity contribution in [2.75, 3.05) is 32.7 Å². The van der Waals surface area contributed by atoms with Crippen molar-refractivity contribution in [3.05, 3.63) is 59.9 Å². The summed E-state index contributed by atoms with van der Waals surface area (Å²) < 4.78 is 26.9. The van der Waals surface area contributed by atoms with E-state index in [1.165, 1.54) is 10.5 Å². The fraction of sp³-hybridized carbons (Fsp3) is 0.316. The number of hydrazone groups is 1. The molecule has 2 aromatic rings. The monoisotopic (exact) mass is 402 g/mol. The molecule has 0 unspecified atom stereocenters. The summed E-state index contributed by atoms with van der Waals surface area (Å²) in [6, 6.07) is 12.3. The third-order valence-electron chi connectivity index (χ3n) is 4.57. The lowest BCUT2D eigenvalue weighted by molar-refractivity contribution is -0.895. The van der Waals surface area contributed by atoms with Crippen molar-refractivity contribution >= 4 is 22.1 Å². The van der Waals surface area contributed by atoms with Crippen molar-refractivity contribution in [2.24, 2.45) is 5.10 Å². The number of carbonyl (C=O) groups excluding carboxylic acids is 1. The Morgan fingerprint density at radius 1 is 1.21 bits per heavy atom. The molecule has 1 aliphatic rings. The van der Waals surface area contributed by atoms with Gasteiger partial charge in [0.1, 0.15) is 0 Å². The van der Waals surface area contributed by atoms with Gasteiger partial charge in [-0.15, -0.1) is 0 Å². The van der Waals surface area contributed by atoms with Gasteiger partial charge in [0.05, 0.1) is 43.0 Å². The van der Waals surface area contributed by atoms with Gasteiger partial charge in [-0.05, 0) is 31.2 Å². The first kappa shape index (κ1) is 20.1. The van der Waals surface area contributed by atoms with Crippen LogP contribution >= 0.6 is 0 Å². The fourth-order valence-corrected chi connectivity index (χ4v) is 4.41. The number of sulfonamides is 1. The molecule has 1 saturated heterocycles. The molecule has 148 valence electrons. The predicted octanol–water partition coefficient (Wildman–Crippen LogP) is -0.570. The first-order chi connectivity index (χ1) is 13.4. The van der Waals surface area contributed by atoms with E-state index in [0.717, 1.165) is 10.5 Å². The molecule has 9 heteroatoms. The van der Waals surface area contributed by atoms with Crippen LogP contribution in [0.1, 0.15) is 11.3 Å². The number of rotatable bonds is 6. The summed E-state index contributed by atoms with van der Waals surface area (Å²) >= 11 is 0. The van der Waals surface area contributed by atoms with Crippen LogP contribution in [0, 0.1) is 6.92 Å². The van der Waals surface area contributed by atoms with Crippen LogP contribution in [-0.4, -0.2) is 62.6 Å². The molecular weight excluding hydrogens is 378 g/mol. The molecule has 0 aliphatic carbocycles. The second-order valence-corrected chi connectivity index (χ2v) is 8.63. The highest BCUT2D eigenvalue weighted by Crippen LogP contribution is 2.16. The first-order valence-corrected chi connectivity index (χ1v) is 10.5. The van der Waals surface area contributed by atoms with Gasteiger partial charge in [-0.2, -0.15) is 9.41 Å². The Morgan fingerprint density at radius 3 is 2.57 bits per heavy atom. The van der Waals surface area contributed by atoms with Gasteiger partial charge in [0.2, 0.25) is 10.0 Å². The maximum Gasteiger partial charge on any atom is 0.295 e. The average molecular weight is 403 g/mol. The molecule has 0 radical (unpaired) electrons. The Balaban J connectivity index is 1.48. The van der Waals surface area contributed by atoms with E-state index >= 15 is 0 Å². The van der Waals surface area contributed by atoms with Crippen molar-refractivity contribution in [2.45, 2.75) is 11.8 Å². The summed E-state index contributed by atoms with van der Waals surface area (Å²) in [7, 11) is -3.49. The van der Waals surface area contributed by atoms with Crippen molar-refractivity contribution in [3.63, 3.8) is 0 Å². The number of aryl methyl sites for hydroxylation is 1. The van der Waals surface area contributed by atoms with Crippen molar-refractivity contribution in [1.29, 1.82) is 0 Å². The number of nitrogens with zero attached hydrogens (tertiary/aromatic N) is 3. The Morgan fingerprint density at radius 2 is 1.93 bits per heavy atom. The third kappa shape index (κ3) is 5.22. The minimum Gasteiger partial charge on any atom is -0.325 e.